The molecule has 0 spiro atoms. The number of nitrogens with zero attached hydrogens (tertiary/aromatic N) is 3. The van der Waals surface area contributed by atoms with Crippen molar-refractivity contribution in [2.45, 2.75) is 38.1 Å². The third kappa shape index (κ3) is 3.70. The minimum Gasteiger partial charge on any atom is -0.378 e. The summed E-state index contributed by atoms with van der Waals surface area (Å²) in [5.74, 6) is 0.770. The van der Waals surface area contributed by atoms with Gasteiger partial charge in [-0.25, -0.2) is 0 Å². The van der Waals surface area contributed by atoms with Crippen LogP contribution in [-0.2, 0) is 0 Å². The monoisotopic (exact) mass is 299 g/mol. The Labute approximate surface area is 135 Å². The molecule has 0 unspecified atom stereocenters. The fourth-order valence-corrected chi connectivity index (χ4v) is 3.94. The zero-order chi connectivity index (χ0) is 15.4. The molecule has 1 aromatic rings. The summed E-state index contributed by atoms with van der Waals surface area (Å²) in [4.78, 5) is 9.61. The molecule has 0 bridgehead atoms. The summed E-state index contributed by atoms with van der Waals surface area (Å²) >= 11 is 0. The molecule has 3 rings (SSSR count). The Hall–Kier alpha value is -1.35. The lowest BCUT2D eigenvalue weighted by Gasteiger charge is -2.43. The molecule has 22 heavy (non-hydrogen) atoms. The second-order valence-corrected chi connectivity index (χ2v) is 6.98. The minimum absolute atomic E-state index is 0.770. The summed E-state index contributed by atoms with van der Waals surface area (Å²) < 4.78 is 0. The van der Waals surface area contributed by atoms with E-state index in [1.807, 2.05) is 0 Å². The van der Waals surface area contributed by atoms with Crippen molar-refractivity contribution in [1.82, 2.24) is 4.90 Å². The van der Waals surface area contributed by atoms with Crippen molar-refractivity contribution in [2.75, 3.05) is 38.6 Å². The smallest absolute Gasteiger partial charge is 0.0432 e. The molecule has 0 saturated carbocycles. The Morgan fingerprint density at radius 2 is 1.86 bits per heavy atom. The second kappa shape index (κ2) is 7.28. The van der Waals surface area contributed by atoms with Gasteiger partial charge in [0.2, 0.25) is 0 Å². The second-order valence-electron chi connectivity index (χ2n) is 6.98. The SMILES string of the molecule is CN(C)c1ccc(C=NC[C@H]2CCCN3CCCC[C@@H]23)cc1. The molecule has 1 aromatic carbocycles. The molecule has 0 aromatic heterocycles. The fraction of sp³-hybridized carbons (Fsp3) is 0.632. The highest BCUT2D eigenvalue weighted by atomic mass is 15.2. The van der Waals surface area contributed by atoms with Gasteiger partial charge in [0.1, 0.15) is 0 Å². The van der Waals surface area contributed by atoms with E-state index in [2.05, 4.69) is 54.4 Å². The molecule has 0 amide bonds. The molecule has 2 aliphatic heterocycles. The quantitative estimate of drug-likeness (QED) is 0.793. The van der Waals surface area contributed by atoms with Gasteiger partial charge in [-0.2, -0.15) is 0 Å². The summed E-state index contributed by atoms with van der Waals surface area (Å²) in [6.07, 6.45) is 8.96. The van der Waals surface area contributed by atoms with Gasteiger partial charge in [0, 0.05) is 38.6 Å². The van der Waals surface area contributed by atoms with Crippen LogP contribution in [0.5, 0.6) is 0 Å². The number of hydrogen-bond acceptors (Lipinski definition) is 3. The van der Waals surface area contributed by atoms with E-state index in [1.54, 1.807) is 0 Å². The lowest BCUT2D eigenvalue weighted by molar-refractivity contribution is 0.0635. The number of rotatable bonds is 4. The van der Waals surface area contributed by atoms with Gasteiger partial charge in [0.15, 0.2) is 0 Å². The van der Waals surface area contributed by atoms with Gasteiger partial charge in [-0.15, -0.1) is 0 Å². The first kappa shape index (κ1) is 15.5. The van der Waals surface area contributed by atoms with Crippen LogP contribution in [0.15, 0.2) is 29.3 Å². The molecular weight excluding hydrogens is 270 g/mol. The summed E-state index contributed by atoms with van der Waals surface area (Å²) in [5.41, 5.74) is 2.45. The highest BCUT2D eigenvalue weighted by molar-refractivity contribution is 5.80. The number of benzene rings is 1. The summed E-state index contributed by atoms with van der Waals surface area (Å²) in [6, 6.07) is 9.44. The van der Waals surface area contributed by atoms with E-state index < -0.39 is 0 Å². The Bertz CT molecular complexity index is 490. The first-order valence-corrected chi connectivity index (χ1v) is 8.75. The van der Waals surface area contributed by atoms with Crippen molar-refractivity contribution in [1.29, 1.82) is 0 Å². The summed E-state index contributed by atoms with van der Waals surface area (Å²) in [6.45, 7) is 3.63. The molecular formula is C19H29N3. The maximum absolute atomic E-state index is 4.77. The van der Waals surface area contributed by atoms with E-state index in [-0.39, 0.29) is 0 Å². The Balaban J connectivity index is 1.56. The lowest BCUT2D eigenvalue weighted by Crippen LogP contribution is -2.48. The maximum Gasteiger partial charge on any atom is 0.0432 e. The average Bonchev–Trinajstić information content (AvgIpc) is 2.55. The first-order valence-electron chi connectivity index (χ1n) is 8.75. The highest BCUT2D eigenvalue weighted by Crippen LogP contribution is 2.30. The molecule has 2 aliphatic rings. The van der Waals surface area contributed by atoms with Gasteiger partial charge in [-0.1, -0.05) is 18.6 Å². The van der Waals surface area contributed by atoms with Crippen LogP contribution in [0, 0.1) is 5.92 Å². The Morgan fingerprint density at radius 3 is 2.64 bits per heavy atom. The zero-order valence-electron chi connectivity index (χ0n) is 14.0. The normalized spacial score (nSPS) is 26.1. The van der Waals surface area contributed by atoms with Gasteiger partial charge in [-0.05, 0) is 62.4 Å². The van der Waals surface area contributed by atoms with Crippen molar-refractivity contribution in [3.05, 3.63) is 29.8 Å². The standard InChI is InChI=1S/C19H29N3/c1-21(2)18-10-8-16(9-11-18)14-20-15-17-6-5-13-22-12-4-3-7-19(17)22/h8-11,14,17,19H,3-7,12-13,15H2,1-2H3/t17-,19+/m1/s1. The molecule has 2 atom stereocenters. The largest absolute Gasteiger partial charge is 0.378 e. The molecule has 120 valence electrons. The van der Waals surface area contributed by atoms with E-state index in [9.17, 15) is 0 Å². The van der Waals surface area contributed by atoms with Gasteiger partial charge < -0.3 is 9.80 Å². The van der Waals surface area contributed by atoms with Crippen LogP contribution >= 0.6 is 0 Å². The first-order chi connectivity index (χ1) is 10.7. The number of piperidine rings is 2. The van der Waals surface area contributed by atoms with Crippen LogP contribution in [0.25, 0.3) is 0 Å². The number of fused-ring (bicyclic) bond motifs is 1. The lowest BCUT2D eigenvalue weighted by atomic mass is 9.83. The van der Waals surface area contributed by atoms with Crippen LogP contribution in [-0.4, -0.2) is 50.9 Å². The molecule has 0 aliphatic carbocycles. The van der Waals surface area contributed by atoms with E-state index in [1.165, 1.54) is 56.4 Å². The summed E-state index contributed by atoms with van der Waals surface area (Å²) in [5, 5.41) is 0. The molecule has 3 heteroatoms. The van der Waals surface area contributed by atoms with Gasteiger partial charge in [0.05, 0.1) is 0 Å². The Kier molecular flexibility index (Phi) is 5.14. The third-order valence-corrected chi connectivity index (χ3v) is 5.22. The third-order valence-electron chi connectivity index (χ3n) is 5.22. The maximum atomic E-state index is 4.77. The predicted molar refractivity (Wildman–Crippen MR) is 95.2 cm³/mol. The Morgan fingerprint density at radius 1 is 1.09 bits per heavy atom. The molecule has 0 N–H and O–H groups in total. The van der Waals surface area contributed by atoms with E-state index in [0.717, 1.165) is 18.5 Å². The van der Waals surface area contributed by atoms with Crippen LogP contribution in [0.1, 0.15) is 37.7 Å². The molecule has 3 nitrogen and oxygen atoms in total. The summed E-state index contributed by atoms with van der Waals surface area (Å²) in [7, 11) is 4.14. The van der Waals surface area contributed by atoms with Gasteiger partial charge in [-0.3, -0.25) is 4.99 Å². The van der Waals surface area contributed by atoms with Crippen molar-refractivity contribution in [3.63, 3.8) is 0 Å². The van der Waals surface area contributed by atoms with Crippen LogP contribution in [0.4, 0.5) is 5.69 Å². The predicted octanol–water partition coefficient (Wildman–Crippen LogP) is 3.44. The van der Waals surface area contributed by atoms with Crippen molar-refractivity contribution in [2.24, 2.45) is 10.9 Å². The van der Waals surface area contributed by atoms with Crippen LogP contribution < -0.4 is 4.90 Å². The molecule has 2 heterocycles. The van der Waals surface area contributed by atoms with Gasteiger partial charge >= 0.3 is 0 Å². The number of hydrogen-bond donors (Lipinski definition) is 0. The fourth-order valence-electron chi connectivity index (χ4n) is 3.94. The van der Waals surface area contributed by atoms with E-state index in [4.69, 9.17) is 4.99 Å². The average molecular weight is 299 g/mol. The van der Waals surface area contributed by atoms with E-state index in [0.29, 0.717) is 0 Å². The van der Waals surface area contributed by atoms with Crippen molar-refractivity contribution in [3.8, 4) is 0 Å². The number of anilines is 1. The van der Waals surface area contributed by atoms with Crippen LogP contribution in [0.3, 0.4) is 0 Å². The highest BCUT2D eigenvalue weighted by Gasteiger charge is 2.32. The van der Waals surface area contributed by atoms with Crippen LogP contribution in [0.2, 0.25) is 0 Å². The van der Waals surface area contributed by atoms with Crippen molar-refractivity contribution >= 4 is 11.9 Å². The number of aliphatic imine (C=N–C) groups is 1. The molecule has 2 fully saturated rings. The topological polar surface area (TPSA) is 18.8 Å². The van der Waals surface area contributed by atoms with Crippen molar-refractivity contribution < 1.29 is 0 Å². The minimum atomic E-state index is 0.770. The van der Waals surface area contributed by atoms with Gasteiger partial charge in [0.25, 0.3) is 0 Å². The molecule has 0 radical (unpaired) electrons. The molecule has 2 saturated heterocycles. The van der Waals surface area contributed by atoms with E-state index >= 15 is 0 Å². The zero-order valence-corrected chi connectivity index (χ0v) is 14.0.